The number of carbonyl (C=O) groups excluding carboxylic acids is 2. The van der Waals surface area contributed by atoms with Gasteiger partial charge in [-0.15, -0.1) is 23.1 Å². The molecular weight excluding hydrogens is 378 g/mol. The van der Waals surface area contributed by atoms with Crippen molar-refractivity contribution in [2.75, 3.05) is 24.7 Å². The van der Waals surface area contributed by atoms with Gasteiger partial charge in [0.25, 0.3) is 5.91 Å². The van der Waals surface area contributed by atoms with Crippen LogP contribution in [0.3, 0.4) is 0 Å². The third-order valence-corrected chi connectivity index (χ3v) is 6.90. The van der Waals surface area contributed by atoms with E-state index in [2.05, 4.69) is 4.98 Å². The molecule has 1 aliphatic carbocycles. The SMILES string of the molecule is CN(C(=O)c1ccccc1SCC(=O)N(C)C1CCCCC1)c1nccs1. The van der Waals surface area contributed by atoms with Gasteiger partial charge in [0.2, 0.25) is 5.91 Å². The lowest BCUT2D eigenvalue weighted by Gasteiger charge is -2.31. The molecule has 7 heteroatoms. The lowest BCUT2D eigenvalue weighted by molar-refractivity contribution is -0.129. The minimum atomic E-state index is -0.110. The maximum Gasteiger partial charge on any atom is 0.260 e. The van der Waals surface area contributed by atoms with E-state index in [1.54, 1.807) is 18.1 Å². The van der Waals surface area contributed by atoms with Crippen LogP contribution in [-0.2, 0) is 4.79 Å². The second-order valence-corrected chi connectivity index (χ2v) is 8.65. The molecule has 0 radical (unpaired) electrons. The van der Waals surface area contributed by atoms with E-state index in [0.717, 1.165) is 17.7 Å². The van der Waals surface area contributed by atoms with Gasteiger partial charge in [0.1, 0.15) is 0 Å². The van der Waals surface area contributed by atoms with Crippen molar-refractivity contribution in [3.63, 3.8) is 0 Å². The number of anilines is 1. The minimum Gasteiger partial charge on any atom is -0.342 e. The van der Waals surface area contributed by atoms with E-state index in [1.807, 2.05) is 41.6 Å². The van der Waals surface area contributed by atoms with E-state index in [-0.39, 0.29) is 11.8 Å². The zero-order valence-electron chi connectivity index (χ0n) is 15.8. The van der Waals surface area contributed by atoms with E-state index >= 15 is 0 Å². The molecule has 0 aliphatic heterocycles. The number of amides is 2. The highest BCUT2D eigenvalue weighted by Gasteiger charge is 2.23. The first-order valence-electron chi connectivity index (χ1n) is 9.23. The van der Waals surface area contributed by atoms with Gasteiger partial charge in [0, 0.05) is 36.6 Å². The Morgan fingerprint density at radius 3 is 2.63 bits per heavy atom. The van der Waals surface area contributed by atoms with Crippen LogP contribution in [0.1, 0.15) is 42.5 Å². The summed E-state index contributed by atoms with van der Waals surface area (Å²) in [7, 11) is 3.64. The first kappa shape index (κ1) is 19.9. The zero-order chi connectivity index (χ0) is 19.2. The molecule has 27 heavy (non-hydrogen) atoms. The smallest absolute Gasteiger partial charge is 0.260 e. The molecule has 0 saturated heterocycles. The third kappa shape index (κ3) is 4.90. The molecule has 1 aliphatic rings. The molecule has 0 unspecified atom stereocenters. The van der Waals surface area contributed by atoms with Crippen molar-refractivity contribution in [2.24, 2.45) is 0 Å². The van der Waals surface area contributed by atoms with Crippen molar-refractivity contribution >= 4 is 40.0 Å². The maximum atomic E-state index is 12.9. The molecule has 2 aromatic rings. The van der Waals surface area contributed by atoms with Gasteiger partial charge in [0.05, 0.1) is 11.3 Å². The number of aromatic nitrogens is 1. The summed E-state index contributed by atoms with van der Waals surface area (Å²) < 4.78 is 0. The minimum absolute atomic E-state index is 0.110. The molecule has 1 saturated carbocycles. The van der Waals surface area contributed by atoms with Crippen LogP contribution in [0.15, 0.2) is 40.7 Å². The van der Waals surface area contributed by atoms with E-state index in [9.17, 15) is 9.59 Å². The normalized spacial score (nSPS) is 14.7. The van der Waals surface area contributed by atoms with Crippen molar-refractivity contribution in [3.8, 4) is 0 Å². The monoisotopic (exact) mass is 403 g/mol. The van der Waals surface area contributed by atoms with Crippen molar-refractivity contribution in [3.05, 3.63) is 41.4 Å². The van der Waals surface area contributed by atoms with Gasteiger partial charge in [-0.1, -0.05) is 31.4 Å². The largest absolute Gasteiger partial charge is 0.342 e. The maximum absolute atomic E-state index is 12.9. The van der Waals surface area contributed by atoms with Crippen LogP contribution >= 0.6 is 23.1 Å². The molecule has 3 rings (SSSR count). The number of nitrogens with zero attached hydrogens (tertiary/aromatic N) is 3. The Hall–Kier alpha value is -1.86. The Balaban J connectivity index is 1.65. The summed E-state index contributed by atoms with van der Waals surface area (Å²) in [4.78, 5) is 34.0. The molecular formula is C20H25N3O2S2. The molecule has 144 valence electrons. The number of carbonyl (C=O) groups is 2. The van der Waals surface area contributed by atoms with Crippen LogP contribution in [-0.4, -0.2) is 47.6 Å². The van der Waals surface area contributed by atoms with Gasteiger partial charge in [0.15, 0.2) is 5.13 Å². The number of thioether (sulfide) groups is 1. The Morgan fingerprint density at radius 2 is 1.93 bits per heavy atom. The van der Waals surface area contributed by atoms with Crippen molar-refractivity contribution in [2.45, 2.75) is 43.0 Å². The highest BCUT2D eigenvalue weighted by atomic mass is 32.2. The summed E-state index contributed by atoms with van der Waals surface area (Å²) >= 11 is 2.86. The van der Waals surface area contributed by atoms with Crippen LogP contribution < -0.4 is 4.90 Å². The van der Waals surface area contributed by atoms with Crippen LogP contribution in [0.25, 0.3) is 0 Å². The lowest BCUT2D eigenvalue weighted by Crippen LogP contribution is -2.39. The van der Waals surface area contributed by atoms with Crippen LogP contribution in [0.5, 0.6) is 0 Å². The highest BCUT2D eigenvalue weighted by Crippen LogP contribution is 2.27. The second-order valence-electron chi connectivity index (χ2n) is 6.76. The summed E-state index contributed by atoms with van der Waals surface area (Å²) in [6.45, 7) is 0. The first-order chi connectivity index (χ1) is 13.1. The van der Waals surface area contributed by atoms with Crippen LogP contribution in [0.2, 0.25) is 0 Å². The quantitative estimate of drug-likeness (QED) is 0.675. The van der Waals surface area contributed by atoms with Gasteiger partial charge >= 0.3 is 0 Å². The summed E-state index contributed by atoms with van der Waals surface area (Å²) in [5.74, 6) is 0.363. The Labute approximate surface area is 168 Å². The van der Waals surface area contributed by atoms with Gasteiger partial charge in [-0.2, -0.15) is 0 Å². The number of hydrogen-bond donors (Lipinski definition) is 0. The summed E-state index contributed by atoms with van der Waals surface area (Å²) in [6, 6.07) is 7.83. The molecule has 0 spiro atoms. The summed E-state index contributed by atoms with van der Waals surface area (Å²) in [5, 5.41) is 2.51. The van der Waals surface area contributed by atoms with E-state index in [4.69, 9.17) is 0 Å². The van der Waals surface area contributed by atoms with Gasteiger partial charge in [-0.05, 0) is 25.0 Å². The van der Waals surface area contributed by atoms with Crippen molar-refractivity contribution in [1.29, 1.82) is 0 Å². The molecule has 1 heterocycles. The van der Waals surface area contributed by atoms with Crippen LogP contribution in [0.4, 0.5) is 5.13 Å². The van der Waals surface area contributed by atoms with Gasteiger partial charge in [-0.25, -0.2) is 4.98 Å². The molecule has 2 amide bonds. The standard InChI is InChI=1S/C20H25N3O2S2/c1-22(15-8-4-3-5-9-15)18(24)14-27-17-11-7-6-10-16(17)19(25)23(2)20-21-12-13-26-20/h6-7,10-13,15H,3-5,8-9,14H2,1-2H3. The van der Waals surface area contributed by atoms with Crippen LogP contribution in [0, 0.1) is 0 Å². The summed E-state index contributed by atoms with van der Waals surface area (Å²) in [6.07, 6.45) is 7.56. The molecule has 1 fully saturated rings. The zero-order valence-corrected chi connectivity index (χ0v) is 17.4. The Morgan fingerprint density at radius 1 is 1.19 bits per heavy atom. The number of thiazole rings is 1. The fraction of sp³-hybridized carbons (Fsp3) is 0.450. The average molecular weight is 404 g/mol. The Bertz CT molecular complexity index is 773. The highest BCUT2D eigenvalue weighted by molar-refractivity contribution is 8.00. The first-order valence-corrected chi connectivity index (χ1v) is 11.1. The average Bonchev–Trinajstić information content (AvgIpc) is 3.26. The molecule has 0 bridgehead atoms. The predicted octanol–water partition coefficient (Wildman–Crippen LogP) is 4.30. The van der Waals surface area contributed by atoms with E-state index < -0.39 is 0 Å². The molecule has 0 N–H and O–H groups in total. The predicted molar refractivity (Wildman–Crippen MR) is 112 cm³/mol. The number of benzene rings is 1. The lowest BCUT2D eigenvalue weighted by atomic mass is 9.94. The van der Waals surface area contributed by atoms with E-state index in [1.165, 1.54) is 42.4 Å². The van der Waals surface area contributed by atoms with E-state index in [0.29, 0.717) is 22.5 Å². The molecule has 5 nitrogen and oxygen atoms in total. The fourth-order valence-electron chi connectivity index (χ4n) is 3.33. The summed E-state index contributed by atoms with van der Waals surface area (Å²) in [5.41, 5.74) is 0.605. The Kier molecular flexibility index (Phi) is 6.90. The molecule has 0 atom stereocenters. The van der Waals surface area contributed by atoms with Gasteiger partial charge in [-0.3, -0.25) is 14.5 Å². The second kappa shape index (κ2) is 9.37. The third-order valence-electron chi connectivity index (χ3n) is 5.00. The number of hydrogen-bond acceptors (Lipinski definition) is 5. The fourth-order valence-corrected chi connectivity index (χ4v) is 4.91. The van der Waals surface area contributed by atoms with Gasteiger partial charge < -0.3 is 4.90 Å². The topological polar surface area (TPSA) is 53.5 Å². The molecule has 1 aromatic carbocycles. The number of rotatable bonds is 6. The van der Waals surface area contributed by atoms with Crippen molar-refractivity contribution in [1.82, 2.24) is 9.88 Å². The molecule has 1 aromatic heterocycles. The van der Waals surface area contributed by atoms with Crippen molar-refractivity contribution < 1.29 is 9.59 Å².